The summed E-state index contributed by atoms with van der Waals surface area (Å²) < 4.78 is 32.1. The predicted molar refractivity (Wildman–Crippen MR) is 110 cm³/mol. The third kappa shape index (κ3) is 5.04. The van der Waals surface area contributed by atoms with Gasteiger partial charge >= 0.3 is 5.97 Å². The number of hydrogen-bond donors (Lipinski definition) is 1. The molecule has 1 aliphatic heterocycles. The van der Waals surface area contributed by atoms with Crippen molar-refractivity contribution in [3.05, 3.63) is 52.4 Å². The summed E-state index contributed by atoms with van der Waals surface area (Å²) in [7, 11) is -2.24. The molecule has 7 nitrogen and oxygen atoms in total. The van der Waals surface area contributed by atoms with Crippen LogP contribution >= 0.6 is 11.3 Å². The first kappa shape index (κ1) is 21.5. The highest BCUT2D eigenvalue weighted by atomic mass is 32.2. The minimum atomic E-state index is -3.56. The van der Waals surface area contributed by atoms with Crippen LogP contribution in [-0.2, 0) is 26.1 Å². The van der Waals surface area contributed by atoms with Crippen molar-refractivity contribution < 1.29 is 22.7 Å². The molecule has 1 aliphatic rings. The Morgan fingerprint density at radius 1 is 1.21 bits per heavy atom. The van der Waals surface area contributed by atoms with E-state index in [1.54, 1.807) is 36.4 Å². The van der Waals surface area contributed by atoms with Crippen molar-refractivity contribution in [2.24, 2.45) is 5.92 Å². The Kier molecular flexibility index (Phi) is 6.71. The van der Waals surface area contributed by atoms with Gasteiger partial charge in [0.05, 0.1) is 18.6 Å². The average Bonchev–Trinajstić information content (AvgIpc) is 3.19. The van der Waals surface area contributed by atoms with Crippen LogP contribution in [0.5, 0.6) is 0 Å². The molecule has 1 saturated heterocycles. The van der Waals surface area contributed by atoms with E-state index in [2.05, 4.69) is 10.1 Å². The zero-order valence-corrected chi connectivity index (χ0v) is 18.0. The first-order valence-electron chi connectivity index (χ1n) is 9.33. The van der Waals surface area contributed by atoms with Gasteiger partial charge in [-0.15, -0.1) is 11.3 Å². The zero-order valence-electron chi connectivity index (χ0n) is 16.4. The number of sulfonamides is 1. The maximum absolute atomic E-state index is 12.8. The van der Waals surface area contributed by atoms with E-state index >= 15 is 0 Å². The van der Waals surface area contributed by atoms with Crippen molar-refractivity contribution >= 4 is 33.2 Å². The number of carbonyl (C=O) groups is 2. The lowest BCUT2D eigenvalue weighted by molar-refractivity contribution is -0.126. The maximum atomic E-state index is 12.8. The number of thiophene rings is 1. The largest absolute Gasteiger partial charge is 0.465 e. The van der Waals surface area contributed by atoms with Gasteiger partial charge in [0.15, 0.2) is 0 Å². The molecule has 1 aromatic heterocycles. The van der Waals surface area contributed by atoms with Gasteiger partial charge < -0.3 is 10.1 Å². The van der Waals surface area contributed by atoms with E-state index in [9.17, 15) is 18.0 Å². The van der Waals surface area contributed by atoms with Gasteiger partial charge in [0.2, 0.25) is 5.91 Å². The van der Waals surface area contributed by atoms with Gasteiger partial charge in [-0.05, 0) is 49.6 Å². The second-order valence-electron chi connectivity index (χ2n) is 6.97. The smallest absolute Gasteiger partial charge is 0.337 e. The highest BCUT2D eigenvalue weighted by Crippen LogP contribution is 2.28. The Balaban J connectivity index is 1.59. The number of hydrogen-bond acceptors (Lipinski definition) is 6. The highest BCUT2D eigenvalue weighted by molar-refractivity contribution is 7.91. The Bertz CT molecular complexity index is 983. The van der Waals surface area contributed by atoms with Crippen molar-refractivity contribution in [3.63, 3.8) is 0 Å². The van der Waals surface area contributed by atoms with Crippen molar-refractivity contribution in [3.8, 4) is 0 Å². The predicted octanol–water partition coefficient (Wildman–Crippen LogP) is 2.56. The molecule has 3 rings (SSSR count). The lowest BCUT2D eigenvalue weighted by Gasteiger charge is -2.30. The first-order chi connectivity index (χ1) is 13.8. The third-order valence-corrected chi connectivity index (χ3v) is 8.24. The quantitative estimate of drug-likeness (QED) is 0.703. The minimum absolute atomic E-state index is 0.163. The molecular formula is C20H24N2O5S2. The number of rotatable bonds is 6. The number of methoxy groups -OCH3 is 1. The molecule has 0 radical (unpaired) electrons. The number of piperidine rings is 1. The summed E-state index contributed by atoms with van der Waals surface area (Å²) in [6.45, 7) is 2.80. The summed E-state index contributed by atoms with van der Waals surface area (Å²) in [5.74, 6) is -0.955. The molecule has 1 atom stereocenters. The lowest BCUT2D eigenvalue weighted by Crippen LogP contribution is -2.45. The van der Waals surface area contributed by atoms with Crippen molar-refractivity contribution in [2.75, 3.05) is 20.2 Å². The number of ether oxygens (including phenoxy) is 1. The topological polar surface area (TPSA) is 92.8 Å². The van der Waals surface area contributed by atoms with Crippen LogP contribution in [0.1, 0.15) is 33.6 Å². The van der Waals surface area contributed by atoms with Crippen molar-refractivity contribution in [1.82, 2.24) is 9.62 Å². The van der Waals surface area contributed by atoms with Gasteiger partial charge in [0.25, 0.3) is 10.0 Å². The molecule has 2 heterocycles. The molecule has 2 aromatic rings. The molecule has 0 saturated carbocycles. The summed E-state index contributed by atoms with van der Waals surface area (Å²) in [5, 5.41) is 2.87. The number of nitrogens with one attached hydrogen (secondary N) is 1. The second-order valence-corrected chi connectivity index (χ2v) is 10.4. The molecule has 1 amide bonds. The molecule has 0 unspecified atom stereocenters. The van der Waals surface area contributed by atoms with Gasteiger partial charge in [-0.25, -0.2) is 13.2 Å². The van der Waals surface area contributed by atoms with Gasteiger partial charge in [0.1, 0.15) is 4.21 Å². The van der Waals surface area contributed by atoms with E-state index in [-0.39, 0.29) is 18.4 Å². The van der Waals surface area contributed by atoms with E-state index in [0.29, 0.717) is 35.7 Å². The average molecular weight is 437 g/mol. The monoisotopic (exact) mass is 436 g/mol. The lowest BCUT2D eigenvalue weighted by atomic mass is 9.98. The number of carbonyl (C=O) groups excluding carboxylic acids is 2. The van der Waals surface area contributed by atoms with Crippen LogP contribution in [0.25, 0.3) is 0 Å². The Hall–Kier alpha value is -2.23. The zero-order chi connectivity index (χ0) is 21.0. The fraction of sp³-hybridized carbons (Fsp3) is 0.400. The van der Waals surface area contributed by atoms with E-state index < -0.39 is 16.0 Å². The number of amides is 1. The van der Waals surface area contributed by atoms with E-state index in [1.165, 1.54) is 22.8 Å². The molecule has 1 aromatic carbocycles. The summed E-state index contributed by atoms with van der Waals surface area (Å²) >= 11 is 1.25. The van der Waals surface area contributed by atoms with E-state index in [4.69, 9.17) is 0 Å². The molecule has 0 spiro atoms. The first-order valence-corrected chi connectivity index (χ1v) is 11.6. The van der Waals surface area contributed by atoms with Crippen molar-refractivity contribution in [2.45, 2.75) is 30.5 Å². The fourth-order valence-electron chi connectivity index (χ4n) is 3.26. The molecule has 1 N–H and O–H groups in total. The summed E-state index contributed by atoms with van der Waals surface area (Å²) in [6.07, 6.45) is 1.30. The molecule has 0 bridgehead atoms. The third-order valence-electron chi connectivity index (χ3n) is 4.91. The highest BCUT2D eigenvalue weighted by Gasteiger charge is 2.33. The van der Waals surface area contributed by atoms with Crippen LogP contribution < -0.4 is 5.32 Å². The van der Waals surface area contributed by atoms with Gasteiger partial charge in [-0.3, -0.25) is 4.79 Å². The van der Waals surface area contributed by atoms with Crippen LogP contribution in [0.4, 0.5) is 0 Å². The number of esters is 1. The summed E-state index contributed by atoms with van der Waals surface area (Å²) in [6, 6.07) is 10.2. The minimum Gasteiger partial charge on any atom is -0.465 e. The van der Waals surface area contributed by atoms with Gasteiger partial charge in [0, 0.05) is 24.5 Å². The standard InChI is InChI=1S/C20H24N2O5S2/c1-14-5-10-18(28-14)29(25,26)22-11-3-4-17(13-22)19(23)21-12-15-6-8-16(9-7-15)20(24)27-2/h5-10,17H,3-4,11-13H2,1-2H3,(H,21,23)/t17-/m0/s1. The number of nitrogens with zero attached hydrogens (tertiary/aromatic N) is 1. The molecule has 29 heavy (non-hydrogen) atoms. The second kappa shape index (κ2) is 9.06. The molecule has 9 heteroatoms. The van der Waals surface area contributed by atoms with Gasteiger partial charge in [-0.2, -0.15) is 4.31 Å². The normalized spacial score (nSPS) is 17.7. The molecular weight excluding hydrogens is 412 g/mol. The molecule has 156 valence electrons. The summed E-state index contributed by atoms with van der Waals surface area (Å²) in [4.78, 5) is 25.0. The van der Waals surface area contributed by atoms with E-state index in [0.717, 1.165) is 10.4 Å². The number of aryl methyl sites for hydroxylation is 1. The van der Waals surface area contributed by atoms with Crippen LogP contribution in [-0.4, -0.2) is 44.8 Å². The molecule has 1 fully saturated rings. The SMILES string of the molecule is COC(=O)c1ccc(CNC(=O)[C@H]2CCCN(S(=O)(=O)c3ccc(C)s3)C2)cc1. The molecule has 0 aliphatic carbocycles. The van der Waals surface area contributed by atoms with Gasteiger partial charge in [-0.1, -0.05) is 12.1 Å². The van der Waals surface area contributed by atoms with Crippen LogP contribution in [0.3, 0.4) is 0 Å². The Morgan fingerprint density at radius 2 is 1.93 bits per heavy atom. The maximum Gasteiger partial charge on any atom is 0.337 e. The number of benzene rings is 1. The summed E-state index contributed by atoms with van der Waals surface area (Å²) in [5.41, 5.74) is 1.29. The van der Waals surface area contributed by atoms with E-state index in [1.807, 2.05) is 6.92 Å². The van der Waals surface area contributed by atoms with Crippen molar-refractivity contribution in [1.29, 1.82) is 0 Å². The van der Waals surface area contributed by atoms with Crippen LogP contribution in [0.2, 0.25) is 0 Å². The Labute approximate surface area is 174 Å². The Morgan fingerprint density at radius 3 is 2.55 bits per heavy atom. The fourth-order valence-corrected chi connectivity index (χ4v) is 6.22. The van der Waals surface area contributed by atoms with Crippen LogP contribution in [0, 0.1) is 12.8 Å². The van der Waals surface area contributed by atoms with Crippen LogP contribution in [0.15, 0.2) is 40.6 Å².